The first-order valence-electron chi connectivity index (χ1n) is 6.71. The molecule has 1 aromatic heterocycles. The largest absolute Gasteiger partial charge is 0.314 e. The molecule has 3 nitrogen and oxygen atoms in total. The van der Waals surface area contributed by atoms with E-state index in [1.807, 2.05) is 24.0 Å². The highest BCUT2D eigenvalue weighted by Crippen LogP contribution is 2.26. The Labute approximate surface area is 113 Å². The van der Waals surface area contributed by atoms with E-state index in [9.17, 15) is 4.79 Å². The molecule has 1 aromatic rings. The molecule has 0 aromatic carbocycles. The minimum Gasteiger partial charge on any atom is -0.314 e. The van der Waals surface area contributed by atoms with Gasteiger partial charge < -0.3 is 9.88 Å². The van der Waals surface area contributed by atoms with Gasteiger partial charge in [0.2, 0.25) is 0 Å². The maximum atomic E-state index is 11.5. The van der Waals surface area contributed by atoms with Crippen LogP contribution in [0, 0.1) is 0 Å². The van der Waals surface area contributed by atoms with Crippen molar-refractivity contribution in [1.29, 1.82) is 0 Å². The van der Waals surface area contributed by atoms with E-state index < -0.39 is 0 Å². The van der Waals surface area contributed by atoms with Crippen LogP contribution in [-0.2, 0) is 6.54 Å². The number of nitrogens with one attached hydrogen (secondary N) is 1. The molecule has 4 heteroatoms. The lowest BCUT2D eigenvalue weighted by molar-refractivity contribution is 0.373. The maximum absolute atomic E-state index is 11.5. The van der Waals surface area contributed by atoms with Crippen LogP contribution in [0.15, 0.2) is 29.2 Å². The van der Waals surface area contributed by atoms with Crippen molar-refractivity contribution >= 4 is 11.8 Å². The fraction of sp³-hybridized carbons (Fsp3) is 0.643. The summed E-state index contributed by atoms with van der Waals surface area (Å²) in [5.41, 5.74) is 0.0883. The highest BCUT2D eigenvalue weighted by Gasteiger charge is 2.19. The SMILES string of the molecule is CSC1CCC(NCCn2ccccc2=O)CC1. The maximum Gasteiger partial charge on any atom is 0.250 e. The van der Waals surface area contributed by atoms with Crippen molar-refractivity contribution in [2.45, 2.75) is 43.5 Å². The second-order valence-corrected chi connectivity index (χ2v) is 6.03. The van der Waals surface area contributed by atoms with Crippen LogP contribution in [-0.4, -0.2) is 28.7 Å². The van der Waals surface area contributed by atoms with Crippen molar-refractivity contribution in [3.8, 4) is 0 Å². The fourth-order valence-electron chi connectivity index (χ4n) is 2.54. The van der Waals surface area contributed by atoms with E-state index in [1.165, 1.54) is 25.7 Å². The van der Waals surface area contributed by atoms with E-state index in [1.54, 1.807) is 16.7 Å². The summed E-state index contributed by atoms with van der Waals surface area (Å²) in [6, 6.07) is 5.96. The summed E-state index contributed by atoms with van der Waals surface area (Å²) in [6.45, 7) is 1.65. The Balaban J connectivity index is 1.70. The number of pyridine rings is 1. The van der Waals surface area contributed by atoms with Gasteiger partial charge in [-0.25, -0.2) is 0 Å². The van der Waals surface area contributed by atoms with Gasteiger partial charge in [-0.2, -0.15) is 11.8 Å². The summed E-state index contributed by atoms with van der Waals surface area (Å²) < 4.78 is 1.76. The van der Waals surface area contributed by atoms with E-state index >= 15 is 0 Å². The van der Waals surface area contributed by atoms with Crippen LogP contribution >= 0.6 is 11.8 Å². The second-order valence-electron chi connectivity index (χ2n) is 4.90. The molecule has 0 unspecified atom stereocenters. The van der Waals surface area contributed by atoms with Gasteiger partial charge in [-0.3, -0.25) is 4.79 Å². The topological polar surface area (TPSA) is 34.0 Å². The lowest BCUT2D eigenvalue weighted by Crippen LogP contribution is -2.36. The van der Waals surface area contributed by atoms with Gasteiger partial charge in [0.1, 0.15) is 0 Å². The average molecular weight is 266 g/mol. The van der Waals surface area contributed by atoms with Gasteiger partial charge in [-0.15, -0.1) is 0 Å². The molecular formula is C14H22N2OS. The third-order valence-electron chi connectivity index (χ3n) is 3.69. The van der Waals surface area contributed by atoms with Gasteiger partial charge >= 0.3 is 0 Å². The van der Waals surface area contributed by atoms with Crippen molar-refractivity contribution in [3.63, 3.8) is 0 Å². The van der Waals surface area contributed by atoms with Crippen LogP contribution in [0.1, 0.15) is 25.7 Å². The number of thioether (sulfide) groups is 1. The second kappa shape index (κ2) is 7.00. The zero-order valence-electron chi connectivity index (χ0n) is 11.0. The Kier molecular flexibility index (Phi) is 5.32. The first kappa shape index (κ1) is 13.7. The number of hydrogen-bond donors (Lipinski definition) is 1. The molecule has 18 heavy (non-hydrogen) atoms. The van der Waals surface area contributed by atoms with Crippen LogP contribution in [0.25, 0.3) is 0 Å². The van der Waals surface area contributed by atoms with Gasteiger partial charge in [0.05, 0.1) is 0 Å². The Morgan fingerprint density at radius 3 is 2.78 bits per heavy atom. The quantitative estimate of drug-likeness (QED) is 0.886. The minimum atomic E-state index is 0.0883. The summed E-state index contributed by atoms with van der Waals surface area (Å²) in [5, 5.41) is 4.43. The normalized spacial score (nSPS) is 24.1. The third kappa shape index (κ3) is 3.89. The molecule has 0 amide bonds. The lowest BCUT2D eigenvalue weighted by Gasteiger charge is -2.28. The summed E-state index contributed by atoms with van der Waals surface area (Å²) >= 11 is 2.00. The minimum absolute atomic E-state index is 0.0883. The molecule has 0 spiro atoms. The molecule has 0 radical (unpaired) electrons. The molecule has 100 valence electrons. The standard InChI is InChI=1S/C14H22N2OS/c1-18-13-7-5-12(6-8-13)15-9-11-16-10-3-2-4-14(16)17/h2-4,10,12-13,15H,5-9,11H2,1H3. The third-order valence-corrected chi connectivity index (χ3v) is 4.83. The van der Waals surface area contributed by atoms with Crippen molar-refractivity contribution < 1.29 is 0 Å². The van der Waals surface area contributed by atoms with E-state index in [-0.39, 0.29) is 5.56 Å². The van der Waals surface area contributed by atoms with Crippen LogP contribution in [0.2, 0.25) is 0 Å². The lowest BCUT2D eigenvalue weighted by atomic mass is 9.95. The van der Waals surface area contributed by atoms with Crippen LogP contribution in [0.5, 0.6) is 0 Å². The summed E-state index contributed by atoms with van der Waals surface area (Å²) in [4.78, 5) is 11.5. The van der Waals surface area contributed by atoms with E-state index in [0.717, 1.165) is 18.3 Å². The zero-order valence-corrected chi connectivity index (χ0v) is 11.8. The molecule has 1 N–H and O–H groups in total. The van der Waals surface area contributed by atoms with Crippen molar-refractivity contribution in [2.75, 3.05) is 12.8 Å². The molecule has 1 aliphatic carbocycles. The summed E-state index contributed by atoms with van der Waals surface area (Å²) in [6.07, 6.45) is 9.26. The number of hydrogen-bond acceptors (Lipinski definition) is 3. The first-order chi connectivity index (χ1) is 8.79. The number of aromatic nitrogens is 1. The molecule has 0 saturated heterocycles. The van der Waals surface area contributed by atoms with Crippen LogP contribution in [0.4, 0.5) is 0 Å². The highest BCUT2D eigenvalue weighted by molar-refractivity contribution is 7.99. The Hall–Kier alpha value is -0.740. The molecule has 2 rings (SSSR count). The predicted molar refractivity (Wildman–Crippen MR) is 78.3 cm³/mol. The van der Waals surface area contributed by atoms with Gasteiger partial charge in [0, 0.05) is 36.6 Å². The number of nitrogens with zero attached hydrogens (tertiary/aromatic N) is 1. The molecular weight excluding hydrogens is 244 g/mol. The Bertz CT molecular complexity index is 410. The fourth-order valence-corrected chi connectivity index (χ4v) is 3.28. The molecule has 0 aliphatic heterocycles. The van der Waals surface area contributed by atoms with Gasteiger partial charge in [-0.1, -0.05) is 6.07 Å². The first-order valence-corrected chi connectivity index (χ1v) is 8.00. The molecule has 1 saturated carbocycles. The molecule has 1 heterocycles. The highest BCUT2D eigenvalue weighted by atomic mass is 32.2. The molecule has 0 atom stereocenters. The Morgan fingerprint density at radius 2 is 2.11 bits per heavy atom. The van der Waals surface area contributed by atoms with E-state index in [0.29, 0.717) is 6.04 Å². The molecule has 0 bridgehead atoms. The van der Waals surface area contributed by atoms with E-state index in [2.05, 4.69) is 11.6 Å². The van der Waals surface area contributed by atoms with Crippen LogP contribution in [0.3, 0.4) is 0 Å². The van der Waals surface area contributed by atoms with Gasteiger partial charge in [0.15, 0.2) is 0 Å². The van der Waals surface area contributed by atoms with Crippen molar-refractivity contribution in [1.82, 2.24) is 9.88 Å². The predicted octanol–water partition coefficient (Wildman–Crippen LogP) is 2.11. The number of rotatable bonds is 5. The average Bonchev–Trinajstić information content (AvgIpc) is 2.42. The summed E-state index contributed by atoms with van der Waals surface area (Å²) in [5.74, 6) is 0. The van der Waals surface area contributed by atoms with Crippen LogP contribution < -0.4 is 10.9 Å². The smallest absolute Gasteiger partial charge is 0.250 e. The van der Waals surface area contributed by atoms with Gasteiger partial charge in [-0.05, 0) is 38.0 Å². The Morgan fingerprint density at radius 1 is 1.33 bits per heavy atom. The zero-order chi connectivity index (χ0) is 12.8. The van der Waals surface area contributed by atoms with Crippen molar-refractivity contribution in [2.24, 2.45) is 0 Å². The molecule has 1 fully saturated rings. The van der Waals surface area contributed by atoms with Crippen molar-refractivity contribution in [3.05, 3.63) is 34.7 Å². The monoisotopic (exact) mass is 266 g/mol. The summed E-state index contributed by atoms with van der Waals surface area (Å²) in [7, 11) is 0. The van der Waals surface area contributed by atoms with Gasteiger partial charge in [0.25, 0.3) is 5.56 Å². The van der Waals surface area contributed by atoms with E-state index in [4.69, 9.17) is 0 Å². The molecule has 1 aliphatic rings.